The lowest BCUT2D eigenvalue weighted by Crippen LogP contribution is -2.13. The van der Waals surface area contributed by atoms with Crippen LogP contribution < -0.4 is 15.0 Å². The van der Waals surface area contributed by atoms with Crippen molar-refractivity contribution >= 4 is 27.5 Å². The molecule has 0 spiro atoms. The summed E-state index contributed by atoms with van der Waals surface area (Å²) in [6, 6.07) is 6.49. The van der Waals surface area contributed by atoms with E-state index < -0.39 is 5.97 Å². The van der Waals surface area contributed by atoms with Crippen molar-refractivity contribution in [1.29, 1.82) is 0 Å². The minimum Gasteiger partial charge on any atom is -0.497 e. The maximum absolute atomic E-state index is 12.2. The summed E-state index contributed by atoms with van der Waals surface area (Å²) in [7, 11) is 2.99. The predicted molar refractivity (Wildman–Crippen MR) is 88.9 cm³/mol. The second kappa shape index (κ2) is 6.71. The zero-order valence-electron chi connectivity index (χ0n) is 13.0. The highest BCUT2D eigenvalue weighted by Crippen LogP contribution is 2.23. The molecular formula is C16H14N2O5S. The van der Waals surface area contributed by atoms with Crippen molar-refractivity contribution in [2.24, 2.45) is 0 Å². The van der Waals surface area contributed by atoms with E-state index in [0.717, 1.165) is 0 Å². The molecule has 0 aliphatic rings. The normalized spacial score (nSPS) is 10.6. The highest BCUT2D eigenvalue weighted by Gasteiger charge is 2.13. The van der Waals surface area contributed by atoms with Gasteiger partial charge in [0.15, 0.2) is 0 Å². The Balaban J connectivity index is 1.78. The molecule has 8 heteroatoms. The van der Waals surface area contributed by atoms with Crippen molar-refractivity contribution in [2.75, 3.05) is 14.2 Å². The zero-order chi connectivity index (χ0) is 17.1. The summed E-state index contributed by atoms with van der Waals surface area (Å²) >= 11 is 1.31. The number of benzene rings is 1. The molecule has 0 aliphatic carbocycles. The van der Waals surface area contributed by atoms with Gasteiger partial charge in [0.1, 0.15) is 28.6 Å². The SMILES string of the molecule is COc1cc(OC)cc(C(=O)OCc2nc3ccsc3c(=O)[nH]2)c1. The van der Waals surface area contributed by atoms with Crippen LogP contribution >= 0.6 is 11.3 Å². The molecule has 3 rings (SSSR count). The van der Waals surface area contributed by atoms with Crippen LogP contribution in [0.2, 0.25) is 0 Å². The van der Waals surface area contributed by atoms with Gasteiger partial charge in [0.05, 0.1) is 25.3 Å². The third-order valence-electron chi connectivity index (χ3n) is 3.29. The number of hydrogen-bond donors (Lipinski definition) is 1. The summed E-state index contributed by atoms with van der Waals surface area (Å²) in [5.74, 6) is 0.675. The maximum Gasteiger partial charge on any atom is 0.338 e. The number of ether oxygens (including phenoxy) is 3. The Kier molecular flexibility index (Phi) is 4.48. The van der Waals surface area contributed by atoms with Crippen molar-refractivity contribution in [3.05, 3.63) is 51.4 Å². The van der Waals surface area contributed by atoms with Crippen molar-refractivity contribution in [3.63, 3.8) is 0 Å². The molecule has 1 N–H and O–H groups in total. The third-order valence-corrected chi connectivity index (χ3v) is 4.19. The Morgan fingerprint density at radius 2 is 1.92 bits per heavy atom. The van der Waals surface area contributed by atoms with E-state index in [1.54, 1.807) is 29.6 Å². The Morgan fingerprint density at radius 3 is 2.58 bits per heavy atom. The van der Waals surface area contributed by atoms with Crippen LogP contribution in [0, 0.1) is 0 Å². The average Bonchev–Trinajstić information content (AvgIpc) is 3.08. The molecule has 2 heterocycles. The minimum atomic E-state index is -0.569. The van der Waals surface area contributed by atoms with Crippen molar-refractivity contribution in [3.8, 4) is 11.5 Å². The van der Waals surface area contributed by atoms with Crippen molar-refractivity contribution in [2.45, 2.75) is 6.61 Å². The van der Waals surface area contributed by atoms with Gasteiger partial charge in [-0.3, -0.25) is 4.79 Å². The monoisotopic (exact) mass is 346 g/mol. The summed E-state index contributed by atoms with van der Waals surface area (Å²) in [5, 5.41) is 1.78. The second-order valence-electron chi connectivity index (χ2n) is 4.83. The van der Waals surface area contributed by atoms with E-state index in [1.165, 1.54) is 25.6 Å². The van der Waals surface area contributed by atoms with Crippen molar-refractivity contribution < 1.29 is 19.0 Å². The lowest BCUT2D eigenvalue weighted by Gasteiger charge is -2.08. The summed E-state index contributed by atoms with van der Waals surface area (Å²) in [4.78, 5) is 30.9. The third kappa shape index (κ3) is 3.23. The molecule has 0 unspecified atom stereocenters. The van der Waals surface area contributed by atoms with E-state index in [1.807, 2.05) is 0 Å². The first-order valence-corrected chi connectivity index (χ1v) is 7.85. The maximum atomic E-state index is 12.2. The van der Waals surface area contributed by atoms with E-state index >= 15 is 0 Å². The molecule has 0 saturated carbocycles. The molecule has 124 valence electrons. The Hall–Kier alpha value is -2.87. The number of aromatic amines is 1. The Labute approximate surface area is 140 Å². The molecule has 0 fully saturated rings. The zero-order valence-corrected chi connectivity index (χ0v) is 13.8. The lowest BCUT2D eigenvalue weighted by atomic mass is 10.2. The molecular weight excluding hydrogens is 332 g/mol. The first kappa shape index (κ1) is 16.0. The van der Waals surface area contributed by atoms with Crippen LogP contribution in [0.5, 0.6) is 11.5 Å². The van der Waals surface area contributed by atoms with Gasteiger partial charge in [0.25, 0.3) is 5.56 Å². The molecule has 0 aliphatic heterocycles. The summed E-state index contributed by atoms with van der Waals surface area (Å²) in [5.41, 5.74) is 0.618. The number of hydrogen-bond acceptors (Lipinski definition) is 7. The molecule has 0 amide bonds. The van der Waals surface area contributed by atoms with E-state index in [0.29, 0.717) is 21.7 Å². The van der Waals surface area contributed by atoms with Crippen LogP contribution in [0.1, 0.15) is 16.2 Å². The van der Waals surface area contributed by atoms with E-state index in [4.69, 9.17) is 14.2 Å². The van der Waals surface area contributed by atoms with Crippen LogP contribution in [-0.2, 0) is 11.3 Å². The summed E-state index contributed by atoms with van der Waals surface area (Å²) in [6.07, 6.45) is 0. The predicted octanol–water partition coefficient (Wildman–Crippen LogP) is 2.36. The number of aromatic nitrogens is 2. The number of fused-ring (bicyclic) bond motifs is 1. The number of esters is 1. The number of methoxy groups -OCH3 is 2. The van der Waals surface area contributed by atoms with Crippen LogP contribution in [-0.4, -0.2) is 30.2 Å². The summed E-state index contributed by atoms with van der Waals surface area (Å²) < 4.78 is 16.0. The first-order valence-electron chi connectivity index (χ1n) is 6.97. The molecule has 0 atom stereocenters. The number of H-pyrrole nitrogens is 1. The molecule has 1 aromatic carbocycles. The smallest absolute Gasteiger partial charge is 0.338 e. The van der Waals surface area contributed by atoms with Gasteiger partial charge in [0.2, 0.25) is 0 Å². The summed E-state index contributed by atoms with van der Waals surface area (Å²) in [6.45, 7) is -0.139. The number of rotatable bonds is 5. The van der Waals surface area contributed by atoms with Crippen LogP contribution in [0.4, 0.5) is 0 Å². The van der Waals surface area contributed by atoms with Gasteiger partial charge in [-0.25, -0.2) is 9.78 Å². The topological polar surface area (TPSA) is 90.5 Å². The standard InChI is InChI=1S/C16H14N2O5S/c1-21-10-5-9(6-11(7-10)22-2)16(20)23-8-13-17-12-3-4-24-14(12)15(19)18-13/h3-7H,8H2,1-2H3,(H,17,18,19). The van der Waals surface area contributed by atoms with E-state index in [9.17, 15) is 9.59 Å². The fourth-order valence-electron chi connectivity index (χ4n) is 2.13. The number of nitrogens with zero attached hydrogens (tertiary/aromatic N) is 1. The average molecular weight is 346 g/mol. The lowest BCUT2D eigenvalue weighted by molar-refractivity contribution is 0.0461. The van der Waals surface area contributed by atoms with Gasteiger partial charge in [-0.05, 0) is 23.6 Å². The van der Waals surface area contributed by atoms with E-state index in [2.05, 4.69) is 9.97 Å². The van der Waals surface area contributed by atoms with Gasteiger partial charge in [0, 0.05) is 6.07 Å². The molecule has 2 aromatic heterocycles. The molecule has 0 radical (unpaired) electrons. The van der Waals surface area contributed by atoms with E-state index in [-0.39, 0.29) is 23.6 Å². The largest absolute Gasteiger partial charge is 0.497 e. The van der Waals surface area contributed by atoms with Gasteiger partial charge in [-0.2, -0.15) is 0 Å². The van der Waals surface area contributed by atoms with Gasteiger partial charge < -0.3 is 19.2 Å². The second-order valence-corrected chi connectivity index (χ2v) is 5.74. The highest BCUT2D eigenvalue weighted by atomic mass is 32.1. The molecule has 0 saturated heterocycles. The minimum absolute atomic E-state index is 0.139. The number of carbonyl (C=O) groups excluding carboxylic acids is 1. The van der Waals surface area contributed by atoms with Gasteiger partial charge in [-0.1, -0.05) is 0 Å². The Bertz CT molecular complexity index is 925. The first-order chi connectivity index (χ1) is 11.6. The molecule has 24 heavy (non-hydrogen) atoms. The quantitative estimate of drug-likeness (QED) is 0.713. The highest BCUT2D eigenvalue weighted by molar-refractivity contribution is 7.17. The number of thiophene rings is 1. The van der Waals surface area contributed by atoms with Crippen LogP contribution in [0.25, 0.3) is 10.2 Å². The molecule has 7 nitrogen and oxygen atoms in total. The fraction of sp³-hybridized carbons (Fsp3) is 0.188. The molecule has 3 aromatic rings. The fourth-order valence-corrected chi connectivity index (χ4v) is 2.86. The number of nitrogens with one attached hydrogen (secondary N) is 1. The van der Waals surface area contributed by atoms with Crippen LogP contribution in [0.3, 0.4) is 0 Å². The van der Waals surface area contributed by atoms with Gasteiger partial charge in [-0.15, -0.1) is 11.3 Å². The van der Waals surface area contributed by atoms with Crippen LogP contribution in [0.15, 0.2) is 34.4 Å². The van der Waals surface area contributed by atoms with Gasteiger partial charge >= 0.3 is 5.97 Å². The van der Waals surface area contributed by atoms with Crippen molar-refractivity contribution in [1.82, 2.24) is 9.97 Å². The molecule has 0 bridgehead atoms. The number of carbonyl (C=O) groups is 1. The Morgan fingerprint density at radius 1 is 1.21 bits per heavy atom.